The van der Waals surface area contributed by atoms with Gasteiger partial charge in [-0.05, 0) is 37.6 Å². The fraction of sp³-hybridized carbons (Fsp3) is 0.240. The molecule has 0 unspecified atom stereocenters. The van der Waals surface area contributed by atoms with Gasteiger partial charge in [-0.1, -0.05) is 41.7 Å². The highest BCUT2D eigenvalue weighted by molar-refractivity contribution is 7.07. The van der Waals surface area contributed by atoms with Crippen molar-refractivity contribution < 1.29 is 19.0 Å². The summed E-state index contributed by atoms with van der Waals surface area (Å²) in [5.41, 5.74) is 2.12. The Kier molecular flexibility index (Phi) is 6.46. The Morgan fingerprint density at radius 3 is 2.58 bits per heavy atom. The van der Waals surface area contributed by atoms with E-state index >= 15 is 0 Å². The third-order valence-electron chi connectivity index (χ3n) is 5.35. The Labute approximate surface area is 194 Å². The number of fused-ring (bicyclic) bond motifs is 1. The highest BCUT2D eigenvalue weighted by atomic mass is 32.1. The zero-order valence-corrected chi connectivity index (χ0v) is 19.6. The van der Waals surface area contributed by atoms with E-state index < -0.39 is 12.0 Å². The third-order valence-corrected chi connectivity index (χ3v) is 6.33. The van der Waals surface area contributed by atoms with Gasteiger partial charge in [0.2, 0.25) is 0 Å². The molecule has 8 heteroatoms. The summed E-state index contributed by atoms with van der Waals surface area (Å²) in [7, 11) is 3.10. The van der Waals surface area contributed by atoms with E-state index in [2.05, 4.69) is 4.99 Å². The molecule has 2 heterocycles. The van der Waals surface area contributed by atoms with Crippen LogP contribution >= 0.6 is 11.3 Å². The minimum absolute atomic E-state index is 0.209. The molecule has 0 fully saturated rings. The highest BCUT2D eigenvalue weighted by Gasteiger charge is 2.35. The zero-order valence-electron chi connectivity index (χ0n) is 18.8. The molecule has 0 spiro atoms. The van der Waals surface area contributed by atoms with Crippen molar-refractivity contribution >= 4 is 23.4 Å². The molecule has 2 aromatic carbocycles. The first-order chi connectivity index (χ1) is 16.0. The third kappa shape index (κ3) is 4.21. The number of thiazole rings is 1. The first-order valence-electron chi connectivity index (χ1n) is 10.4. The number of nitrogens with zero attached hydrogens (tertiary/aromatic N) is 2. The maximum atomic E-state index is 13.6. The Morgan fingerprint density at radius 2 is 1.91 bits per heavy atom. The van der Waals surface area contributed by atoms with E-state index in [1.165, 1.54) is 18.4 Å². The van der Waals surface area contributed by atoms with Crippen molar-refractivity contribution in [1.29, 1.82) is 0 Å². The molecular weight excluding hydrogens is 440 g/mol. The van der Waals surface area contributed by atoms with Crippen LogP contribution in [-0.4, -0.2) is 31.4 Å². The lowest BCUT2D eigenvalue weighted by Gasteiger charge is -2.26. The molecule has 0 amide bonds. The van der Waals surface area contributed by atoms with Crippen LogP contribution in [0.1, 0.15) is 31.0 Å². The number of hydrogen-bond acceptors (Lipinski definition) is 7. The number of benzene rings is 2. The number of ether oxygens (including phenoxy) is 3. The van der Waals surface area contributed by atoms with Crippen molar-refractivity contribution in [3.8, 4) is 11.5 Å². The number of aromatic nitrogens is 1. The Morgan fingerprint density at radius 1 is 1.15 bits per heavy atom. The number of allylic oxidation sites excluding steroid dienone is 1. The van der Waals surface area contributed by atoms with Gasteiger partial charge < -0.3 is 14.2 Å². The van der Waals surface area contributed by atoms with Crippen LogP contribution in [0.5, 0.6) is 11.5 Å². The number of rotatable bonds is 6. The molecule has 3 aromatic rings. The summed E-state index contributed by atoms with van der Waals surface area (Å²) >= 11 is 1.28. The minimum atomic E-state index is -0.751. The molecule has 0 N–H and O–H groups in total. The smallest absolute Gasteiger partial charge is 0.338 e. The van der Waals surface area contributed by atoms with Crippen LogP contribution in [-0.2, 0) is 9.53 Å². The molecule has 1 aliphatic rings. The van der Waals surface area contributed by atoms with Crippen LogP contribution < -0.4 is 24.4 Å². The van der Waals surface area contributed by atoms with Crippen molar-refractivity contribution in [2.75, 3.05) is 20.8 Å². The van der Waals surface area contributed by atoms with Gasteiger partial charge in [0.25, 0.3) is 5.56 Å². The SMILES string of the molecule is CCOC(=O)C1=C(C)N=c2s/c(=C/c3ccccc3)c(=O)n2[C@@H]1c1ccc(OC)cc1OC. The van der Waals surface area contributed by atoms with Crippen LogP contribution in [0.4, 0.5) is 0 Å². The lowest BCUT2D eigenvalue weighted by molar-refractivity contribution is -0.139. The first kappa shape index (κ1) is 22.5. The van der Waals surface area contributed by atoms with Crippen LogP contribution in [0.15, 0.2) is 69.6 Å². The second-order valence-electron chi connectivity index (χ2n) is 7.32. The molecule has 33 heavy (non-hydrogen) atoms. The van der Waals surface area contributed by atoms with Gasteiger partial charge in [-0.25, -0.2) is 9.79 Å². The quantitative estimate of drug-likeness (QED) is 0.524. The van der Waals surface area contributed by atoms with Crippen molar-refractivity contribution in [3.05, 3.63) is 90.6 Å². The molecule has 0 saturated heterocycles. The van der Waals surface area contributed by atoms with Gasteiger partial charge >= 0.3 is 5.97 Å². The lowest BCUT2D eigenvalue weighted by atomic mass is 9.95. The summed E-state index contributed by atoms with van der Waals surface area (Å²) in [6.45, 7) is 3.70. The number of methoxy groups -OCH3 is 2. The highest BCUT2D eigenvalue weighted by Crippen LogP contribution is 2.37. The van der Waals surface area contributed by atoms with E-state index in [9.17, 15) is 9.59 Å². The summed E-state index contributed by atoms with van der Waals surface area (Å²) < 4.78 is 18.3. The van der Waals surface area contributed by atoms with E-state index in [-0.39, 0.29) is 12.2 Å². The molecule has 1 aromatic heterocycles. The first-order valence-corrected chi connectivity index (χ1v) is 11.3. The predicted octanol–water partition coefficient (Wildman–Crippen LogP) is 2.82. The van der Waals surface area contributed by atoms with Gasteiger partial charge in [0.15, 0.2) is 4.80 Å². The molecule has 0 aliphatic carbocycles. The molecule has 170 valence electrons. The van der Waals surface area contributed by atoms with E-state index in [1.54, 1.807) is 43.7 Å². The number of hydrogen-bond donors (Lipinski definition) is 0. The summed E-state index contributed by atoms with van der Waals surface area (Å²) in [6, 6.07) is 14.2. The standard InChI is InChI=1S/C25H24N2O5S/c1-5-32-24(29)21-15(2)26-25-27(22(21)18-12-11-17(30-3)14-19(18)31-4)23(28)20(33-25)13-16-9-7-6-8-10-16/h6-14,22H,5H2,1-4H3/b20-13+/t22-/m1/s1. The molecule has 7 nitrogen and oxygen atoms in total. The van der Waals surface area contributed by atoms with E-state index in [0.717, 1.165) is 5.56 Å². The summed E-state index contributed by atoms with van der Waals surface area (Å²) in [4.78, 5) is 31.7. The lowest BCUT2D eigenvalue weighted by Crippen LogP contribution is -2.40. The van der Waals surface area contributed by atoms with Gasteiger partial charge in [0, 0.05) is 11.6 Å². The number of esters is 1. The van der Waals surface area contributed by atoms with Crippen molar-refractivity contribution in [2.24, 2.45) is 4.99 Å². The van der Waals surface area contributed by atoms with Crippen LogP contribution in [0.2, 0.25) is 0 Å². The van der Waals surface area contributed by atoms with Crippen molar-refractivity contribution in [3.63, 3.8) is 0 Å². The van der Waals surface area contributed by atoms with Gasteiger partial charge in [-0.15, -0.1) is 0 Å². The molecule has 0 radical (unpaired) electrons. The van der Waals surface area contributed by atoms with E-state index in [4.69, 9.17) is 14.2 Å². The Bertz CT molecular complexity index is 1400. The second-order valence-corrected chi connectivity index (χ2v) is 8.33. The fourth-order valence-corrected chi connectivity index (χ4v) is 4.88. The second kappa shape index (κ2) is 9.46. The van der Waals surface area contributed by atoms with Gasteiger partial charge in [0.05, 0.1) is 36.6 Å². The Hall–Kier alpha value is -3.65. The summed E-state index contributed by atoms with van der Waals surface area (Å²) in [6.07, 6.45) is 1.83. The zero-order chi connectivity index (χ0) is 23.5. The number of carbonyl (C=O) groups is 1. The summed E-state index contributed by atoms with van der Waals surface area (Å²) in [5.74, 6) is 0.581. The van der Waals surface area contributed by atoms with Gasteiger partial charge in [-0.3, -0.25) is 9.36 Å². The summed E-state index contributed by atoms with van der Waals surface area (Å²) in [5, 5.41) is 0. The van der Waals surface area contributed by atoms with Crippen LogP contribution in [0.25, 0.3) is 6.08 Å². The molecule has 0 bridgehead atoms. The number of carbonyl (C=O) groups excluding carboxylic acids is 1. The van der Waals surface area contributed by atoms with Crippen LogP contribution in [0.3, 0.4) is 0 Å². The van der Waals surface area contributed by atoms with E-state index in [1.807, 2.05) is 36.4 Å². The van der Waals surface area contributed by atoms with Crippen molar-refractivity contribution in [1.82, 2.24) is 4.57 Å². The van der Waals surface area contributed by atoms with Gasteiger partial charge in [-0.2, -0.15) is 0 Å². The predicted molar refractivity (Wildman–Crippen MR) is 126 cm³/mol. The molecule has 1 aliphatic heterocycles. The monoisotopic (exact) mass is 464 g/mol. The van der Waals surface area contributed by atoms with Crippen LogP contribution in [0, 0.1) is 0 Å². The minimum Gasteiger partial charge on any atom is -0.497 e. The maximum Gasteiger partial charge on any atom is 0.338 e. The Balaban J connectivity index is 2.00. The normalized spacial score (nSPS) is 15.6. The average molecular weight is 465 g/mol. The molecule has 4 rings (SSSR count). The topological polar surface area (TPSA) is 79.1 Å². The van der Waals surface area contributed by atoms with Crippen molar-refractivity contribution in [2.45, 2.75) is 19.9 Å². The maximum absolute atomic E-state index is 13.6. The van der Waals surface area contributed by atoms with E-state index in [0.29, 0.717) is 37.7 Å². The molecule has 1 atom stereocenters. The molecular formula is C25H24N2O5S. The molecule has 0 saturated carbocycles. The average Bonchev–Trinajstić information content (AvgIpc) is 3.12. The van der Waals surface area contributed by atoms with Gasteiger partial charge in [0.1, 0.15) is 17.5 Å². The largest absolute Gasteiger partial charge is 0.497 e. The fourth-order valence-electron chi connectivity index (χ4n) is 3.83.